The van der Waals surface area contributed by atoms with Gasteiger partial charge in [0.05, 0.1) is 17.9 Å². The SMILES string of the molecule is CNc1snc(C)c1-c1nc(C2CSCCO2)no1. The predicted octanol–water partition coefficient (Wildman–Crippen LogP) is 2.35. The van der Waals surface area contributed by atoms with Crippen LogP contribution < -0.4 is 5.32 Å². The molecule has 0 radical (unpaired) electrons. The molecule has 1 atom stereocenters. The summed E-state index contributed by atoms with van der Waals surface area (Å²) in [4.78, 5) is 4.46. The van der Waals surface area contributed by atoms with Crippen molar-refractivity contribution in [2.75, 3.05) is 30.5 Å². The fraction of sp³-hybridized carbons (Fsp3) is 0.545. The van der Waals surface area contributed by atoms with E-state index in [0.717, 1.165) is 34.4 Å². The molecule has 0 saturated carbocycles. The summed E-state index contributed by atoms with van der Waals surface area (Å²) in [5, 5.41) is 8.07. The van der Waals surface area contributed by atoms with Gasteiger partial charge in [-0.05, 0) is 18.5 Å². The van der Waals surface area contributed by atoms with Crippen molar-refractivity contribution in [3.63, 3.8) is 0 Å². The zero-order valence-corrected chi connectivity index (χ0v) is 12.3. The minimum atomic E-state index is -0.0683. The quantitative estimate of drug-likeness (QED) is 0.932. The van der Waals surface area contributed by atoms with Crippen molar-refractivity contribution >= 4 is 28.3 Å². The van der Waals surface area contributed by atoms with Crippen molar-refractivity contribution in [1.29, 1.82) is 0 Å². The molecule has 0 spiro atoms. The van der Waals surface area contributed by atoms with Gasteiger partial charge in [-0.1, -0.05) is 5.16 Å². The summed E-state index contributed by atoms with van der Waals surface area (Å²) in [6.07, 6.45) is -0.0683. The average Bonchev–Trinajstić information content (AvgIpc) is 3.05. The third-order valence-corrected chi connectivity index (χ3v) is 4.80. The molecule has 0 aromatic carbocycles. The monoisotopic (exact) mass is 298 g/mol. The third kappa shape index (κ3) is 2.47. The van der Waals surface area contributed by atoms with Crippen LogP contribution in [0, 0.1) is 6.92 Å². The van der Waals surface area contributed by atoms with Crippen LogP contribution in [0.5, 0.6) is 0 Å². The van der Waals surface area contributed by atoms with E-state index in [1.165, 1.54) is 11.5 Å². The van der Waals surface area contributed by atoms with Gasteiger partial charge in [-0.25, -0.2) is 0 Å². The molecule has 0 bridgehead atoms. The molecule has 1 aliphatic rings. The molecule has 19 heavy (non-hydrogen) atoms. The topological polar surface area (TPSA) is 73.1 Å². The normalized spacial score (nSPS) is 19.6. The molecular formula is C11H14N4O2S2. The highest BCUT2D eigenvalue weighted by Crippen LogP contribution is 2.34. The van der Waals surface area contributed by atoms with E-state index in [-0.39, 0.29) is 6.10 Å². The maximum atomic E-state index is 5.65. The minimum Gasteiger partial charge on any atom is -0.378 e. The van der Waals surface area contributed by atoms with Gasteiger partial charge in [-0.2, -0.15) is 21.1 Å². The highest BCUT2D eigenvalue weighted by Gasteiger charge is 2.24. The number of nitrogens with zero attached hydrogens (tertiary/aromatic N) is 3. The summed E-state index contributed by atoms with van der Waals surface area (Å²) < 4.78 is 15.3. The minimum absolute atomic E-state index is 0.0683. The van der Waals surface area contributed by atoms with Crippen molar-refractivity contribution in [2.45, 2.75) is 13.0 Å². The molecule has 0 amide bonds. The lowest BCUT2D eigenvalue weighted by Gasteiger charge is -2.18. The number of hydrogen-bond donors (Lipinski definition) is 1. The summed E-state index contributed by atoms with van der Waals surface area (Å²) in [6, 6.07) is 0. The van der Waals surface area contributed by atoms with Crippen molar-refractivity contribution < 1.29 is 9.26 Å². The van der Waals surface area contributed by atoms with E-state index >= 15 is 0 Å². The first-order valence-corrected chi connectivity index (χ1v) is 7.89. The molecule has 2 aromatic heterocycles. The first-order chi connectivity index (χ1) is 9.29. The number of thioether (sulfide) groups is 1. The van der Waals surface area contributed by atoms with E-state index in [0.29, 0.717) is 11.7 Å². The lowest BCUT2D eigenvalue weighted by Crippen LogP contribution is -2.16. The van der Waals surface area contributed by atoms with Crippen LogP contribution in [0.25, 0.3) is 11.5 Å². The summed E-state index contributed by atoms with van der Waals surface area (Å²) in [5.41, 5.74) is 1.78. The highest BCUT2D eigenvalue weighted by molar-refractivity contribution is 7.99. The van der Waals surface area contributed by atoms with E-state index in [2.05, 4.69) is 19.8 Å². The van der Waals surface area contributed by atoms with Crippen LogP contribution in [0.3, 0.4) is 0 Å². The lowest BCUT2D eigenvalue weighted by atomic mass is 10.2. The van der Waals surface area contributed by atoms with E-state index in [1.807, 2.05) is 25.7 Å². The number of aromatic nitrogens is 3. The number of aryl methyl sites for hydroxylation is 1. The van der Waals surface area contributed by atoms with Gasteiger partial charge >= 0.3 is 0 Å². The molecule has 1 saturated heterocycles. The Hall–Kier alpha value is -1.12. The van der Waals surface area contributed by atoms with Crippen LogP contribution >= 0.6 is 23.3 Å². The smallest absolute Gasteiger partial charge is 0.262 e. The van der Waals surface area contributed by atoms with Gasteiger partial charge in [0, 0.05) is 18.6 Å². The van der Waals surface area contributed by atoms with E-state index in [4.69, 9.17) is 9.26 Å². The number of nitrogens with one attached hydrogen (secondary N) is 1. The second-order valence-electron chi connectivity index (χ2n) is 4.11. The van der Waals surface area contributed by atoms with Crippen molar-refractivity contribution in [3.8, 4) is 11.5 Å². The number of ether oxygens (including phenoxy) is 1. The van der Waals surface area contributed by atoms with Crippen molar-refractivity contribution in [3.05, 3.63) is 11.5 Å². The van der Waals surface area contributed by atoms with Crippen molar-refractivity contribution in [1.82, 2.24) is 14.5 Å². The van der Waals surface area contributed by atoms with Gasteiger partial charge in [-0.15, -0.1) is 0 Å². The highest BCUT2D eigenvalue weighted by atomic mass is 32.2. The fourth-order valence-corrected chi connectivity index (χ4v) is 3.47. The Morgan fingerprint density at radius 1 is 1.42 bits per heavy atom. The Morgan fingerprint density at radius 2 is 2.32 bits per heavy atom. The first kappa shape index (κ1) is 12.9. The molecule has 1 unspecified atom stereocenters. The largest absolute Gasteiger partial charge is 0.378 e. The number of anilines is 1. The van der Waals surface area contributed by atoms with Crippen LogP contribution in [0.2, 0.25) is 0 Å². The van der Waals surface area contributed by atoms with Gasteiger partial charge < -0.3 is 14.6 Å². The third-order valence-electron chi connectivity index (χ3n) is 2.85. The van der Waals surface area contributed by atoms with E-state index in [1.54, 1.807) is 0 Å². The maximum Gasteiger partial charge on any atom is 0.262 e. The molecule has 2 aromatic rings. The van der Waals surface area contributed by atoms with Crippen LogP contribution in [0.1, 0.15) is 17.6 Å². The van der Waals surface area contributed by atoms with Gasteiger partial charge in [0.15, 0.2) is 0 Å². The average molecular weight is 298 g/mol. The molecule has 1 aliphatic heterocycles. The molecule has 0 aliphatic carbocycles. The van der Waals surface area contributed by atoms with Gasteiger partial charge in [-0.3, -0.25) is 0 Å². The van der Waals surface area contributed by atoms with Crippen LogP contribution in [0.15, 0.2) is 4.52 Å². The molecule has 3 rings (SSSR count). The zero-order valence-electron chi connectivity index (χ0n) is 10.7. The van der Waals surface area contributed by atoms with Crippen molar-refractivity contribution in [2.24, 2.45) is 0 Å². The van der Waals surface area contributed by atoms with E-state index in [9.17, 15) is 0 Å². The van der Waals surface area contributed by atoms with Crippen LogP contribution in [-0.4, -0.2) is 39.7 Å². The summed E-state index contributed by atoms with van der Waals surface area (Å²) in [7, 11) is 1.86. The number of hydrogen-bond acceptors (Lipinski definition) is 8. The molecule has 1 N–H and O–H groups in total. The van der Waals surface area contributed by atoms with Gasteiger partial charge in [0.2, 0.25) is 5.82 Å². The first-order valence-electron chi connectivity index (χ1n) is 5.97. The Morgan fingerprint density at radius 3 is 3.05 bits per heavy atom. The van der Waals surface area contributed by atoms with Gasteiger partial charge in [0.1, 0.15) is 11.1 Å². The zero-order chi connectivity index (χ0) is 13.2. The predicted molar refractivity (Wildman–Crippen MR) is 75.7 cm³/mol. The second kappa shape index (κ2) is 5.48. The summed E-state index contributed by atoms with van der Waals surface area (Å²) in [5.74, 6) is 3.02. The molecule has 3 heterocycles. The summed E-state index contributed by atoms with van der Waals surface area (Å²) >= 11 is 3.24. The Balaban J connectivity index is 1.89. The fourth-order valence-electron chi connectivity index (χ4n) is 1.90. The van der Waals surface area contributed by atoms with Crippen LogP contribution in [0.4, 0.5) is 5.00 Å². The maximum absolute atomic E-state index is 5.65. The van der Waals surface area contributed by atoms with E-state index < -0.39 is 0 Å². The Kier molecular flexibility index (Phi) is 3.72. The van der Waals surface area contributed by atoms with Crippen LogP contribution in [-0.2, 0) is 4.74 Å². The Labute approximate surface area is 119 Å². The number of rotatable bonds is 3. The summed E-state index contributed by atoms with van der Waals surface area (Å²) in [6.45, 7) is 2.67. The molecule has 6 nitrogen and oxygen atoms in total. The molecule has 102 valence electrons. The molecular weight excluding hydrogens is 284 g/mol. The molecule has 1 fully saturated rings. The second-order valence-corrected chi connectivity index (χ2v) is 6.04. The Bertz CT molecular complexity index is 563. The molecule has 8 heteroatoms. The lowest BCUT2D eigenvalue weighted by molar-refractivity contribution is 0.0677. The standard InChI is InChI=1S/C11H14N4O2S2/c1-6-8(11(12-2)19-15-6)10-13-9(14-17-10)7-5-18-4-3-16-7/h7,12H,3-5H2,1-2H3. The van der Waals surface area contributed by atoms with Gasteiger partial charge in [0.25, 0.3) is 5.89 Å².